The number of hydrogen-bond acceptors (Lipinski definition) is 4. The van der Waals surface area contributed by atoms with Gasteiger partial charge in [0.1, 0.15) is 0 Å². The van der Waals surface area contributed by atoms with Gasteiger partial charge in [-0.3, -0.25) is 19.2 Å². The van der Waals surface area contributed by atoms with E-state index in [2.05, 4.69) is 20.6 Å². The van der Waals surface area contributed by atoms with Gasteiger partial charge in [0.05, 0.1) is 12.8 Å². The summed E-state index contributed by atoms with van der Waals surface area (Å²) >= 11 is 0. The van der Waals surface area contributed by atoms with Gasteiger partial charge in [-0.2, -0.15) is 0 Å². The third kappa shape index (κ3) is 5.56. The van der Waals surface area contributed by atoms with Crippen molar-refractivity contribution in [3.63, 3.8) is 0 Å². The second-order valence-electron chi connectivity index (χ2n) is 10.1. The zero-order valence-electron chi connectivity index (χ0n) is 23.3. The lowest BCUT2D eigenvalue weighted by molar-refractivity contribution is -0.137. The van der Waals surface area contributed by atoms with Crippen LogP contribution in [0.5, 0.6) is 0 Å². The standard InChI is InChI=1S/C30H34N4O6/c1-6-19-15(4)29(39)33-24(19)10-18-8-17(9-27(35)36)23(31-18)13-26-21(11-28(37)38)14(3)22(32-26)12-25-20(7-2)16(5)30(40)34-25/h8,10,12,31-32H,6-7,9,11,13H2,1-5H3,(H,33,39)(H,34,40)(H,35,36)(H,37,38)/b24-10-,25-12-. The molecule has 10 nitrogen and oxygen atoms in total. The SMILES string of the molecule is CCC1=C(C)C(=O)N/C1=C\c1cc(CC(=O)O)c(Cc2[nH]c(/C=C3\NC(=O)C(C)=C3CC)c(C)c2CC(=O)O)[nH]1. The lowest BCUT2D eigenvalue weighted by Gasteiger charge is -2.05. The number of carboxylic acids is 2. The Labute approximate surface area is 231 Å². The molecule has 2 aliphatic heterocycles. The van der Waals surface area contributed by atoms with E-state index in [1.54, 1.807) is 26.0 Å². The summed E-state index contributed by atoms with van der Waals surface area (Å²) in [4.78, 5) is 54.5. The number of rotatable bonds is 10. The van der Waals surface area contributed by atoms with E-state index in [0.29, 0.717) is 69.3 Å². The van der Waals surface area contributed by atoms with Gasteiger partial charge in [-0.1, -0.05) is 13.8 Å². The molecule has 4 heterocycles. The molecule has 0 saturated heterocycles. The van der Waals surface area contributed by atoms with Gasteiger partial charge in [0.2, 0.25) is 0 Å². The predicted molar refractivity (Wildman–Crippen MR) is 150 cm³/mol. The van der Waals surface area contributed by atoms with Crippen molar-refractivity contribution in [1.82, 2.24) is 20.6 Å². The van der Waals surface area contributed by atoms with Crippen molar-refractivity contribution in [2.75, 3.05) is 0 Å². The first kappa shape index (κ1) is 28.4. The topological polar surface area (TPSA) is 164 Å². The fraction of sp³-hybridized carbons (Fsp3) is 0.333. The number of amides is 2. The summed E-state index contributed by atoms with van der Waals surface area (Å²) < 4.78 is 0. The summed E-state index contributed by atoms with van der Waals surface area (Å²) in [5, 5.41) is 24.9. The van der Waals surface area contributed by atoms with Crippen LogP contribution in [0.2, 0.25) is 0 Å². The van der Waals surface area contributed by atoms with Crippen molar-refractivity contribution < 1.29 is 29.4 Å². The molecule has 0 fully saturated rings. The Hall–Kier alpha value is -4.60. The Balaban J connectivity index is 1.76. The molecule has 210 valence electrons. The number of nitrogens with one attached hydrogen (secondary N) is 4. The van der Waals surface area contributed by atoms with Crippen LogP contribution in [0.4, 0.5) is 0 Å². The van der Waals surface area contributed by atoms with Crippen molar-refractivity contribution in [2.24, 2.45) is 0 Å². The second kappa shape index (κ2) is 11.3. The van der Waals surface area contributed by atoms with Crippen molar-refractivity contribution in [2.45, 2.75) is 66.7 Å². The summed E-state index contributed by atoms with van der Waals surface area (Å²) in [6.45, 7) is 9.31. The number of carbonyl (C=O) groups excluding carboxylic acids is 2. The number of H-pyrrole nitrogens is 2. The molecule has 6 N–H and O–H groups in total. The van der Waals surface area contributed by atoms with Gasteiger partial charge < -0.3 is 30.8 Å². The molecule has 2 aliphatic rings. The highest BCUT2D eigenvalue weighted by molar-refractivity contribution is 6.01. The number of allylic oxidation sites excluding steroid dienone is 2. The Bertz CT molecular complexity index is 1560. The lowest BCUT2D eigenvalue weighted by Crippen LogP contribution is -2.15. The van der Waals surface area contributed by atoms with Gasteiger partial charge in [-0.15, -0.1) is 0 Å². The third-order valence-corrected chi connectivity index (χ3v) is 7.57. The van der Waals surface area contributed by atoms with E-state index in [1.165, 1.54) is 0 Å². The molecule has 0 aliphatic carbocycles. The Morgan fingerprint density at radius 3 is 1.88 bits per heavy atom. The molecular weight excluding hydrogens is 512 g/mol. The summed E-state index contributed by atoms with van der Waals surface area (Å²) in [5.74, 6) is -2.30. The minimum atomic E-state index is -0.997. The zero-order chi connectivity index (χ0) is 29.3. The molecule has 10 heteroatoms. The van der Waals surface area contributed by atoms with E-state index in [9.17, 15) is 29.4 Å². The quantitative estimate of drug-likeness (QED) is 0.265. The highest BCUT2D eigenvalue weighted by atomic mass is 16.4. The van der Waals surface area contributed by atoms with E-state index in [1.807, 2.05) is 26.8 Å². The van der Waals surface area contributed by atoms with E-state index >= 15 is 0 Å². The van der Waals surface area contributed by atoms with Crippen LogP contribution in [0.15, 0.2) is 39.8 Å². The lowest BCUT2D eigenvalue weighted by atomic mass is 10.0. The van der Waals surface area contributed by atoms with Gasteiger partial charge in [0.15, 0.2) is 0 Å². The molecule has 0 spiro atoms. The maximum atomic E-state index is 12.2. The molecule has 0 bridgehead atoms. The van der Waals surface area contributed by atoms with Crippen molar-refractivity contribution >= 4 is 35.9 Å². The highest BCUT2D eigenvalue weighted by Gasteiger charge is 2.25. The minimum absolute atomic E-state index is 0.153. The Morgan fingerprint density at radius 2 is 1.35 bits per heavy atom. The molecule has 0 radical (unpaired) electrons. The normalized spacial score (nSPS) is 17.4. The number of aromatic amines is 2. The Morgan fingerprint density at radius 1 is 0.800 bits per heavy atom. The Kier molecular flexibility index (Phi) is 7.99. The number of carboxylic acid groups (broad SMARTS) is 2. The van der Waals surface area contributed by atoms with Gasteiger partial charge in [0.25, 0.3) is 11.8 Å². The number of aromatic nitrogens is 2. The van der Waals surface area contributed by atoms with Crippen LogP contribution in [-0.2, 0) is 38.4 Å². The molecular formula is C30H34N4O6. The largest absolute Gasteiger partial charge is 0.481 e. The molecule has 0 aromatic carbocycles. The first-order valence-electron chi connectivity index (χ1n) is 13.2. The average molecular weight is 547 g/mol. The molecule has 0 atom stereocenters. The first-order chi connectivity index (χ1) is 18.9. The molecule has 4 rings (SSSR count). The highest BCUT2D eigenvalue weighted by Crippen LogP contribution is 2.30. The summed E-state index contributed by atoms with van der Waals surface area (Å²) in [7, 11) is 0. The number of carbonyl (C=O) groups is 4. The maximum Gasteiger partial charge on any atom is 0.307 e. The van der Waals surface area contributed by atoms with Crippen LogP contribution in [0.1, 0.15) is 80.0 Å². The van der Waals surface area contributed by atoms with E-state index < -0.39 is 11.9 Å². The molecule has 40 heavy (non-hydrogen) atoms. The maximum absolute atomic E-state index is 12.2. The van der Waals surface area contributed by atoms with Crippen LogP contribution in [0.25, 0.3) is 12.2 Å². The van der Waals surface area contributed by atoms with Crippen LogP contribution in [0, 0.1) is 6.92 Å². The summed E-state index contributed by atoms with van der Waals surface area (Å²) in [6, 6.07) is 1.74. The van der Waals surface area contributed by atoms with Crippen LogP contribution in [0.3, 0.4) is 0 Å². The van der Waals surface area contributed by atoms with Crippen LogP contribution in [-0.4, -0.2) is 43.9 Å². The number of hydrogen-bond donors (Lipinski definition) is 6. The minimum Gasteiger partial charge on any atom is -0.481 e. The van der Waals surface area contributed by atoms with Gasteiger partial charge >= 0.3 is 11.9 Å². The van der Waals surface area contributed by atoms with Gasteiger partial charge in [-0.25, -0.2) is 0 Å². The molecule has 2 aromatic rings. The molecule has 2 amide bonds. The van der Waals surface area contributed by atoms with Crippen molar-refractivity contribution in [1.29, 1.82) is 0 Å². The van der Waals surface area contributed by atoms with Crippen LogP contribution < -0.4 is 10.6 Å². The summed E-state index contributed by atoms with van der Waals surface area (Å²) in [6.07, 6.45) is 4.74. The van der Waals surface area contributed by atoms with E-state index in [-0.39, 0.29) is 31.1 Å². The molecule has 2 aromatic heterocycles. The molecule has 0 saturated carbocycles. The van der Waals surface area contributed by atoms with Gasteiger partial charge in [0, 0.05) is 51.7 Å². The molecule has 0 unspecified atom stereocenters. The monoisotopic (exact) mass is 546 g/mol. The number of aliphatic carboxylic acids is 2. The van der Waals surface area contributed by atoms with Crippen LogP contribution >= 0.6 is 0 Å². The van der Waals surface area contributed by atoms with E-state index in [4.69, 9.17) is 0 Å². The van der Waals surface area contributed by atoms with Crippen molar-refractivity contribution in [3.8, 4) is 0 Å². The predicted octanol–water partition coefficient (Wildman–Crippen LogP) is 3.89. The zero-order valence-corrected chi connectivity index (χ0v) is 23.3. The first-order valence-corrected chi connectivity index (χ1v) is 13.2. The third-order valence-electron chi connectivity index (χ3n) is 7.57. The van der Waals surface area contributed by atoms with Crippen molar-refractivity contribution in [3.05, 3.63) is 79.2 Å². The fourth-order valence-corrected chi connectivity index (χ4v) is 5.42. The van der Waals surface area contributed by atoms with Gasteiger partial charge in [-0.05, 0) is 79.7 Å². The second-order valence-corrected chi connectivity index (χ2v) is 10.1. The summed E-state index contributed by atoms with van der Waals surface area (Å²) in [5.41, 5.74) is 8.96. The average Bonchev–Trinajstić information content (AvgIpc) is 3.55. The smallest absolute Gasteiger partial charge is 0.307 e. The fourth-order valence-electron chi connectivity index (χ4n) is 5.42. The van der Waals surface area contributed by atoms with E-state index in [0.717, 1.165) is 16.7 Å².